The second-order valence-electron chi connectivity index (χ2n) is 8.10. The van der Waals surface area contributed by atoms with E-state index in [1.165, 1.54) is 0 Å². The SMILES string of the molecule is CCC[C@@H]1NC2(C(=O)NC(=O)NC2=O)[C@@H]2C(=O)N(c3cccc4ccccc34)C(=O)[C@@H]12. The molecule has 0 aromatic heterocycles. The van der Waals surface area contributed by atoms with E-state index >= 15 is 0 Å². The fraction of sp³-hybridized carbons (Fsp3) is 0.318. The third-order valence-corrected chi connectivity index (χ3v) is 6.44. The summed E-state index contributed by atoms with van der Waals surface area (Å²) in [4.78, 5) is 65.8. The average molecular weight is 420 g/mol. The number of hydrogen-bond acceptors (Lipinski definition) is 6. The van der Waals surface area contributed by atoms with Crippen molar-refractivity contribution in [2.45, 2.75) is 31.3 Å². The Morgan fingerprint density at radius 3 is 2.29 bits per heavy atom. The quantitative estimate of drug-likeness (QED) is 0.499. The Labute approximate surface area is 177 Å². The van der Waals surface area contributed by atoms with Gasteiger partial charge in [0.2, 0.25) is 11.8 Å². The molecule has 3 heterocycles. The maximum atomic E-state index is 13.7. The molecule has 2 aromatic carbocycles. The molecule has 9 nitrogen and oxygen atoms in total. The number of hydrogen-bond donors (Lipinski definition) is 3. The summed E-state index contributed by atoms with van der Waals surface area (Å²) in [6, 6.07) is 11.2. The summed E-state index contributed by atoms with van der Waals surface area (Å²) in [5.41, 5.74) is -1.59. The first-order chi connectivity index (χ1) is 14.9. The molecule has 9 heteroatoms. The van der Waals surface area contributed by atoms with Crippen LogP contribution in [-0.4, -0.2) is 41.2 Å². The molecule has 3 aliphatic rings. The first-order valence-electron chi connectivity index (χ1n) is 10.2. The van der Waals surface area contributed by atoms with Gasteiger partial charge in [0.05, 0.1) is 17.5 Å². The molecular weight excluding hydrogens is 400 g/mol. The number of benzene rings is 2. The number of barbiturate groups is 1. The molecule has 0 aliphatic carbocycles. The van der Waals surface area contributed by atoms with Crippen LogP contribution in [0.5, 0.6) is 0 Å². The van der Waals surface area contributed by atoms with E-state index in [1.54, 1.807) is 12.1 Å². The molecule has 0 saturated carbocycles. The number of rotatable bonds is 3. The lowest BCUT2D eigenvalue weighted by atomic mass is 9.78. The molecule has 0 unspecified atom stereocenters. The normalized spacial score (nSPS) is 27.1. The van der Waals surface area contributed by atoms with E-state index in [1.807, 2.05) is 37.3 Å². The summed E-state index contributed by atoms with van der Waals surface area (Å²) in [6.45, 7) is 1.91. The number of nitrogens with zero attached hydrogens (tertiary/aromatic N) is 1. The molecule has 31 heavy (non-hydrogen) atoms. The second kappa shape index (κ2) is 6.71. The van der Waals surface area contributed by atoms with Gasteiger partial charge in [0.1, 0.15) is 0 Å². The van der Waals surface area contributed by atoms with Crippen molar-refractivity contribution in [1.29, 1.82) is 0 Å². The van der Waals surface area contributed by atoms with Gasteiger partial charge in [0.15, 0.2) is 5.54 Å². The van der Waals surface area contributed by atoms with Crippen molar-refractivity contribution in [3.8, 4) is 0 Å². The van der Waals surface area contributed by atoms with Crippen LogP contribution in [0.3, 0.4) is 0 Å². The van der Waals surface area contributed by atoms with Gasteiger partial charge >= 0.3 is 6.03 Å². The molecular formula is C22H20N4O5. The predicted octanol–water partition coefficient (Wildman–Crippen LogP) is 0.822. The molecule has 1 spiro atoms. The van der Waals surface area contributed by atoms with Crippen LogP contribution in [0.25, 0.3) is 10.8 Å². The van der Waals surface area contributed by atoms with Crippen molar-refractivity contribution in [1.82, 2.24) is 16.0 Å². The number of urea groups is 1. The Kier molecular flexibility index (Phi) is 4.19. The second-order valence-corrected chi connectivity index (χ2v) is 8.10. The standard InChI is InChI=1S/C22H20N4O5/c1-2-6-13-15-16(22(25-13)19(29)23-21(31)24-20(22)30)18(28)26(17(15)27)14-10-5-8-11-7-3-4-9-12(11)14/h3-5,7-10,13,15-16,25H,2,6H2,1H3,(H2,23,24,29,30,31)/t13-,15-,16-/m0/s1. The lowest BCUT2D eigenvalue weighted by Gasteiger charge is -2.34. The van der Waals surface area contributed by atoms with Crippen molar-refractivity contribution in [2.75, 3.05) is 4.90 Å². The van der Waals surface area contributed by atoms with E-state index < -0.39 is 53.1 Å². The highest BCUT2D eigenvalue weighted by molar-refractivity contribution is 6.32. The van der Waals surface area contributed by atoms with Gasteiger partial charge in [-0.3, -0.25) is 35.1 Å². The Morgan fingerprint density at radius 2 is 1.58 bits per heavy atom. The number of nitrogens with one attached hydrogen (secondary N) is 3. The number of carbonyl (C=O) groups is 5. The van der Waals surface area contributed by atoms with Gasteiger partial charge < -0.3 is 0 Å². The van der Waals surface area contributed by atoms with E-state index in [-0.39, 0.29) is 0 Å². The van der Waals surface area contributed by atoms with Gasteiger partial charge in [-0.2, -0.15) is 0 Å². The molecule has 3 aliphatic heterocycles. The minimum absolute atomic E-state index is 0.417. The van der Waals surface area contributed by atoms with Crippen LogP contribution in [-0.2, 0) is 19.2 Å². The van der Waals surface area contributed by atoms with Crippen molar-refractivity contribution < 1.29 is 24.0 Å². The average Bonchev–Trinajstić information content (AvgIpc) is 3.21. The fourth-order valence-electron chi connectivity index (χ4n) is 5.18. The number of fused-ring (bicyclic) bond motifs is 3. The lowest BCUT2D eigenvalue weighted by Crippen LogP contribution is -2.74. The molecule has 0 radical (unpaired) electrons. The molecule has 158 valence electrons. The Hall–Kier alpha value is -3.59. The first-order valence-corrected chi connectivity index (χ1v) is 10.2. The predicted molar refractivity (Wildman–Crippen MR) is 110 cm³/mol. The van der Waals surface area contributed by atoms with Crippen molar-refractivity contribution in [3.05, 3.63) is 42.5 Å². The summed E-state index contributed by atoms with van der Waals surface area (Å²) < 4.78 is 0. The minimum atomic E-state index is -2.01. The smallest absolute Gasteiger partial charge is 0.291 e. The van der Waals surface area contributed by atoms with Gasteiger partial charge in [-0.1, -0.05) is 49.7 Å². The van der Waals surface area contributed by atoms with Gasteiger partial charge in [-0.15, -0.1) is 0 Å². The third-order valence-electron chi connectivity index (χ3n) is 6.44. The van der Waals surface area contributed by atoms with Crippen LogP contribution in [0.1, 0.15) is 19.8 Å². The van der Waals surface area contributed by atoms with E-state index in [0.717, 1.165) is 10.3 Å². The Morgan fingerprint density at radius 1 is 0.903 bits per heavy atom. The zero-order chi connectivity index (χ0) is 21.9. The van der Waals surface area contributed by atoms with Crippen LogP contribution in [0.4, 0.5) is 10.5 Å². The van der Waals surface area contributed by atoms with E-state index in [9.17, 15) is 24.0 Å². The molecule has 3 saturated heterocycles. The summed E-state index contributed by atoms with van der Waals surface area (Å²) in [6.07, 6.45) is 1.16. The number of anilines is 1. The van der Waals surface area contributed by atoms with Crippen LogP contribution in [0.15, 0.2) is 42.5 Å². The van der Waals surface area contributed by atoms with Crippen LogP contribution in [0.2, 0.25) is 0 Å². The summed E-state index contributed by atoms with van der Waals surface area (Å²) in [5, 5.41) is 8.69. The van der Waals surface area contributed by atoms with Crippen LogP contribution in [0, 0.1) is 11.8 Å². The number of amides is 6. The maximum Gasteiger partial charge on any atom is 0.328 e. The summed E-state index contributed by atoms with van der Waals surface area (Å²) in [7, 11) is 0. The summed E-state index contributed by atoms with van der Waals surface area (Å²) in [5.74, 6) is -5.03. The minimum Gasteiger partial charge on any atom is -0.291 e. The summed E-state index contributed by atoms with van der Waals surface area (Å²) >= 11 is 0. The molecule has 3 fully saturated rings. The molecule has 5 rings (SSSR count). The van der Waals surface area contributed by atoms with Gasteiger partial charge in [0.25, 0.3) is 11.8 Å². The van der Waals surface area contributed by atoms with Crippen LogP contribution >= 0.6 is 0 Å². The molecule has 2 aromatic rings. The zero-order valence-corrected chi connectivity index (χ0v) is 16.7. The monoisotopic (exact) mass is 420 g/mol. The van der Waals surface area contributed by atoms with E-state index in [4.69, 9.17) is 0 Å². The van der Waals surface area contributed by atoms with Gasteiger partial charge in [0, 0.05) is 11.4 Å². The van der Waals surface area contributed by atoms with Gasteiger partial charge in [-0.25, -0.2) is 9.69 Å². The first kappa shape index (κ1) is 19.4. The number of carbonyl (C=O) groups excluding carboxylic acids is 5. The van der Waals surface area contributed by atoms with Gasteiger partial charge in [-0.05, 0) is 17.9 Å². The largest absolute Gasteiger partial charge is 0.328 e. The van der Waals surface area contributed by atoms with Crippen molar-refractivity contribution >= 4 is 46.1 Å². The zero-order valence-electron chi connectivity index (χ0n) is 16.7. The molecule has 3 atom stereocenters. The maximum absolute atomic E-state index is 13.7. The topological polar surface area (TPSA) is 125 Å². The number of imide groups is 3. The highest BCUT2D eigenvalue weighted by Crippen LogP contribution is 2.47. The Bertz CT molecular complexity index is 1150. The Balaban J connectivity index is 1.66. The molecule has 6 amide bonds. The van der Waals surface area contributed by atoms with E-state index in [2.05, 4.69) is 16.0 Å². The van der Waals surface area contributed by atoms with Crippen molar-refractivity contribution in [3.63, 3.8) is 0 Å². The highest BCUT2D eigenvalue weighted by atomic mass is 16.2. The van der Waals surface area contributed by atoms with E-state index in [0.29, 0.717) is 23.9 Å². The third kappa shape index (κ3) is 2.50. The lowest BCUT2D eigenvalue weighted by molar-refractivity contribution is -0.145. The van der Waals surface area contributed by atoms with Crippen LogP contribution < -0.4 is 20.9 Å². The highest BCUT2D eigenvalue weighted by Gasteiger charge is 2.72. The molecule has 3 N–H and O–H groups in total. The fourth-order valence-corrected chi connectivity index (χ4v) is 5.18. The molecule has 0 bridgehead atoms. The van der Waals surface area contributed by atoms with Crippen molar-refractivity contribution in [2.24, 2.45) is 11.8 Å².